The minimum atomic E-state index is -0.888. The summed E-state index contributed by atoms with van der Waals surface area (Å²) in [5.41, 5.74) is 2.92. The molecule has 7 heteroatoms. The van der Waals surface area contributed by atoms with Gasteiger partial charge in [0, 0.05) is 13.6 Å². The van der Waals surface area contributed by atoms with Crippen LogP contribution in [0.4, 0.5) is 0 Å². The van der Waals surface area contributed by atoms with Crippen molar-refractivity contribution >= 4 is 17.7 Å². The van der Waals surface area contributed by atoms with E-state index < -0.39 is 18.1 Å². The average molecular weight is 393 g/mol. The van der Waals surface area contributed by atoms with Crippen LogP contribution >= 0.6 is 0 Å². The Hall–Kier alpha value is -3.03. The largest absolute Gasteiger partial charge is 0.351 e. The van der Waals surface area contributed by atoms with Crippen LogP contribution in [0.25, 0.3) is 0 Å². The quantitative estimate of drug-likeness (QED) is 0.781. The van der Waals surface area contributed by atoms with E-state index in [0.717, 1.165) is 21.6 Å². The van der Waals surface area contributed by atoms with E-state index in [-0.39, 0.29) is 24.3 Å². The molecule has 0 bridgehead atoms. The number of imide groups is 1. The Morgan fingerprint density at radius 3 is 2.41 bits per heavy atom. The molecule has 0 saturated carbocycles. The van der Waals surface area contributed by atoms with Gasteiger partial charge in [-0.05, 0) is 18.1 Å². The van der Waals surface area contributed by atoms with E-state index in [0.29, 0.717) is 6.54 Å². The van der Waals surface area contributed by atoms with Crippen molar-refractivity contribution in [3.8, 4) is 0 Å². The molecule has 0 aromatic heterocycles. The predicted octanol–water partition coefficient (Wildman–Crippen LogP) is 1.58. The first-order chi connectivity index (χ1) is 14.0. The van der Waals surface area contributed by atoms with Crippen molar-refractivity contribution in [2.75, 3.05) is 13.6 Å². The fourth-order valence-electron chi connectivity index (χ4n) is 3.87. The lowest BCUT2D eigenvalue weighted by atomic mass is 9.90. The van der Waals surface area contributed by atoms with Crippen molar-refractivity contribution in [1.29, 1.82) is 0 Å². The minimum absolute atomic E-state index is 0.0668. The maximum Gasteiger partial charge on any atom is 0.261 e. The highest BCUT2D eigenvalue weighted by Crippen LogP contribution is 2.43. The van der Waals surface area contributed by atoms with E-state index in [2.05, 4.69) is 5.32 Å². The summed E-state index contributed by atoms with van der Waals surface area (Å²) in [5.74, 6) is -1.54. The molecule has 3 atom stereocenters. The Labute approximate surface area is 169 Å². The van der Waals surface area contributed by atoms with Gasteiger partial charge in [0.1, 0.15) is 6.54 Å². The summed E-state index contributed by atoms with van der Waals surface area (Å²) in [6.45, 7) is 2.31. The molecule has 2 aromatic rings. The zero-order valence-corrected chi connectivity index (χ0v) is 16.4. The fourth-order valence-corrected chi connectivity index (χ4v) is 3.87. The second-order valence-electron chi connectivity index (χ2n) is 7.48. The van der Waals surface area contributed by atoms with E-state index in [1.54, 1.807) is 0 Å². The number of amides is 3. The van der Waals surface area contributed by atoms with Crippen LogP contribution < -0.4 is 5.32 Å². The zero-order valence-electron chi connectivity index (χ0n) is 16.4. The van der Waals surface area contributed by atoms with E-state index >= 15 is 0 Å². The van der Waals surface area contributed by atoms with Gasteiger partial charge in [0.05, 0.1) is 12.0 Å². The first kappa shape index (κ1) is 19.3. The highest BCUT2D eigenvalue weighted by molar-refractivity contribution is 6.07. The summed E-state index contributed by atoms with van der Waals surface area (Å²) in [7, 11) is 1.47. The van der Waals surface area contributed by atoms with E-state index in [4.69, 9.17) is 4.84 Å². The smallest absolute Gasteiger partial charge is 0.261 e. The van der Waals surface area contributed by atoms with E-state index in [9.17, 15) is 14.4 Å². The second-order valence-corrected chi connectivity index (χ2v) is 7.48. The van der Waals surface area contributed by atoms with Crippen LogP contribution in [0.15, 0.2) is 54.6 Å². The van der Waals surface area contributed by atoms with Crippen LogP contribution in [-0.2, 0) is 25.8 Å². The molecule has 7 nitrogen and oxygen atoms in total. The standard InChI is InChI=1S/C22H23N3O4/c1-14-8-10-16(11-9-14)19-18-20(22(28)24(2)21(18)27)29-25(19)13-17(26)23-12-15-6-4-3-5-7-15/h3-11,18-20H,12-13H2,1-2H3,(H,23,26). The second kappa shape index (κ2) is 7.77. The van der Waals surface area contributed by atoms with Crippen molar-refractivity contribution in [3.05, 3.63) is 71.3 Å². The zero-order chi connectivity index (χ0) is 20.5. The Balaban J connectivity index is 1.53. The van der Waals surface area contributed by atoms with Gasteiger partial charge in [-0.15, -0.1) is 0 Å². The van der Waals surface area contributed by atoms with Crippen LogP contribution in [0.2, 0.25) is 0 Å². The molecule has 2 aliphatic rings. The first-order valence-electron chi connectivity index (χ1n) is 9.57. The van der Waals surface area contributed by atoms with Crippen molar-refractivity contribution in [2.45, 2.75) is 25.6 Å². The third-order valence-corrected chi connectivity index (χ3v) is 5.47. The van der Waals surface area contributed by atoms with Gasteiger partial charge in [-0.3, -0.25) is 24.1 Å². The van der Waals surface area contributed by atoms with Crippen LogP contribution in [0.1, 0.15) is 22.7 Å². The summed E-state index contributed by atoms with van der Waals surface area (Å²) in [4.78, 5) is 44.6. The summed E-state index contributed by atoms with van der Waals surface area (Å²) in [5, 5.41) is 4.34. The lowest BCUT2D eigenvalue weighted by Gasteiger charge is -2.26. The van der Waals surface area contributed by atoms with Gasteiger partial charge in [0.15, 0.2) is 6.10 Å². The maximum atomic E-state index is 12.7. The Morgan fingerprint density at radius 2 is 1.72 bits per heavy atom. The van der Waals surface area contributed by atoms with Gasteiger partial charge < -0.3 is 5.32 Å². The van der Waals surface area contributed by atoms with Crippen LogP contribution in [0.3, 0.4) is 0 Å². The summed E-state index contributed by atoms with van der Waals surface area (Å²) >= 11 is 0. The molecular weight excluding hydrogens is 370 g/mol. The van der Waals surface area contributed by atoms with Crippen LogP contribution in [0, 0.1) is 12.8 Å². The molecule has 0 radical (unpaired) electrons. The Morgan fingerprint density at radius 1 is 1.03 bits per heavy atom. The maximum absolute atomic E-state index is 12.7. The van der Waals surface area contributed by atoms with Crippen molar-refractivity contribution in [1.82, 2.24) is 15.3 Å². The van der Waals surface area contributed by atoms with Crippen molar-refractivity contribution in [3.63, 3.8) is 0 Å². The van der Waals surface area contributed by atoms with Gasteiger partial charge in [-0.2, -0.15) is 5.06 Å². The molecule has 3 unspecified atom stereocenters. The van der Waals surface area contributed by atoms with E-state index in [1.165, 1.54) is 12.1 Å². The normalized spacial score (nSPS) is 24.1. The third-order valence-electron chi connectivity index (χ3n) is 5.47. The average Bonchev–Trinajstić information content (AvgIpc) is 3.19. The summed E-state index contributed by atoms with van der Waals surface area (Å²) < 4.78 is 0. The number of nitrogens with one attached hydrogen (secondary N) is 1. The number of fused-ring (bicyclic) bond motifs is 1. The highest BCUT2D eigenvalue weighted by Gasteiger charge is 2.58. The van der Waals surface area contributed by atoms with Gasteiger partial charge in [0.2, 0.25) is 11.8 Å². The van der Waals surface area contributed by atoms with Crippen LogP contribution in [-0.4, -0.2) is 47.4 Å². The molecule has 0 spiro atoms. The lowest BCUT2D eigenvalue weighted by molar-refractivity contribution is -0.181. The van der Waals surface area contributed by atoms with Gasteiger partial charge in [-0.1, -0.05) is 60.2 Å². The number of carbonyl (C=O) groups is 3. The first-order valence-corrected chi connectivity index (χ1v) is 9.57. The van der Waals surface area contributed by atoms with E-state index in [1.807, 2.05) is 61.5 Å². The molecule has 2 fully saturated rings. The Kier molecular flexibility index (Phi) is 5.17. The molecule has 0 aliphatic carbocycles. The minimum Gasteiger partial charge on any atom is -0.351 e. The molecule has 150 valence electrons. The molecule has 1 N–H and O–H groups in total. The van der Waals surface area contributed by atoms with Gasteiger partial charge in [-0.25, -0.2) is 0 Å². The molecule has 2 aromatic carbocycles. The van der Waals surface area contributed by atoms with Gasteiger partial charge in [0.25, 0.3) is 5.91 Å². The number of aryl methyl sites for hydroxylation is 1. The third kappa shape index (κ3) is 3.66. The number of hydrogen-bond donors (Lipinski definition) is 1. The molecule has 2 aliphatic heterocycles. The van der Waals surface area contributed by atoms with Crippen LogP contribution in [0.5, 0.6) is 0 Å². The van der Waals surface area contributed by atoms with Crippen molar-refractivity contribution in [2.24, 2.45) is 5.92 Å². The number of carbonyl (C=O) groups excluding carboxylic acids is 3. The number of likely N-dealkylation sites (N-methyl/N-ethyl adjacent to an activating group) is 1. The summed E-state index contributed by atoms with van der Waals surface area (Å²) in [6.07, 6.45) is -0.888. The highest BCUT2D eigenvalue weighted by atomic mass is 16.7. The lowest BCUT2D eigenvalue weighted by Crippen LogP contribution is -2.40. The molecule has 3 amide bonds. The SMILES string of the molecule is Cc1ccc(C2C3C(=O)N(C)C(=O)C3ON2CC(=O)NCc2ccccc2)cc1. The van der Waals surface area contributed by atoms with Gasteiger partial charge >= 0.3 is 0 Å². The molecule has 2 saturated heterocycles. The number of nitrogens with zero attached hydrogens (tertiary/aromatic N) is 2. The number of benzene rings is 2. The molecular formula is C22H23N3O4. The number of hydrogen-bond acceptors (Lipinski definition) is 5. The van der Waals surface area contributed by atoms with Crippen molar-refractivity contribution < 1.29 is 19.2 Å². The number of rotatable bonds is 5. The molecule has 2 heterocycles. The monoisotopic (exact) mass is 393 g/mol. The fraction of sp³-hybridized carbons (Fsp3) is 0.318. The summed E-state index contributed by atoms with van der Waals surface area (Å²) in [6, 6.07) is 16.8. The number of hydroxylamine groups is 2. The predicted molar refractivity (Wildman–Crippen MR) is 105 cm³/mol. The Bertz CT molecular complexity index is 929. The molecule has 4 rings (SSSR count). The molecule has 29 heavy (non-hydrogen) atoms. The topological polar surface area (TPSA) is 79.0 Å². The number of likely N-dealkylation sites (tertiary alicyclic amines) is 1.